The summed E-state index contributed by atoms with van der Waals surface area (Å²) in [6.45, 7) is 1.77. The molecule has 1 unspecified atom stereocenters. The highest BCUT2D eigenvalue weighted by atomic mass is 16.1. The lowest BCUT2D eigenvalue weighted by atomic mass is 9.82. The van der Waals surface area contributed by atoms with Crippen molar-refractivity contribution in [2.24, 2.45) is 0 Å². The van der Waals surface area contributed by atoms with Gasteiger partial charge in [0.15, 0.2) is 5.78 Å². The second kappa shape index (κ2) is 7.01. The molecule has 6 heteroatoms. The van der Waals surface area contributed by atoms with Gasteiger partial charge in [0.25, 0.3) is 0 Å². The van der Waals surface area contributed by atoms with E-state index in [1.165, 1.54) is 6.20 Å². The number of hydrogen-bond donors (Lipinski definition) is 1. The zero-order chi connectivity index (χ0) is 18.0. The normalized spacial score (nSPS) is 16.3. The van der Waals surface area contributed by atoms with E-state index < -0.39 is 0 Å². The third-order valence-corrected chi connectivity index (χ3v) is 4.49. The van der Waals surface area contributed by atoms with Crippen LogP contribution < -0.4 is 10.2 Å². The number of benzene rings is 1. The first-order valence-electron chi connectivity index (χ1n) is 8.44. The van der Waals surface area contributed by atoms with E-state index in [-0.39, 0.29) is 23.6 Å². The SMILES string of the molecule is CCC(=O)Nc1ncc2c(n1)CC(c1ccc(N(C)C)cc1)CC2=O. The molecule has 1 aliphatic rings. The molecule has 0 aliphatic heterocycles. The molecule has 0 radical (unpaired) electrons. The maximum absolute atomic E-state index is 12.5. The van der Waals surface area contributed by atoms with Gasteiger partial charge in [-0.1, -0.05) is 19.1 Å². The number of amides is 1. The van der Waals surface area contributed by atoms with Crippen LogP contribution in [0.25, 0.3) is 0 Å². The minimum absolute atomic E-state index is 0.0521. The van der Waals surface area contributed by atoms with Crippen molar-refractivity contribution in [1.82, 2.24) is 9.97 Å². The van der Waals surface area contributed by atoms with Gasteiger partial charge in [-0.2, -0.15) is 0 Å². The molecule has 0 spiro atoms. The Balaban J connectivity index is 1.84. The van der Waals surface area contributed by atoms with Gasteiger partial charge in [0.05, 0.1) is 11.3 Å². The fraction of sp³-hybridized carbons (Fsp3) is 0.368. The Hall–Kier alpha value is -2.76. The Morgan fingerprint density at radius 1 is 1.24 bits per heavy atom. The highest BCUT2D eigenvalue weighted by molar-refractivity contribution is 5.98. The lowest BCUT2D eigenvalue weighted by molar-refractivity contribution is -0.115. The Morgan fingerprint density at radius 3 is 2.60 bits per heavy atom. The van der Waals surface area contributed by atoms with Crippen molar-refractivity contribution in [1.29, 1.82) is 0 Å². The second-order valence-electron chi connectivity index (χ2n) is 6.47. The largest absolute Gasteiger partial charge is 0.378 e. The number of fused-ring (bicyclic) bond motifs is 1. The van der Waals surface area contributed by atoms with Crippen LogP contribution in [0.15, 0.2) is 30.5 Å². The van der Waals surface area contributed by atoms with E-state index in [1.54, 1.807) is 6.92 Å². The molecule has 2 aromatic rings. The molecule has 0 fully saturated rings. The Bertz CT molecular complexity index is 800. The summed E-state index contributed by atoms with van der Waals surface area (Å²) >= 11 is 0. The summed E-state index contributed by atoms with van der Waals surface area (Å²) in [7, 11) is 4.00. The number of ketones is 1. The van der Waals surface area contributed by atoms with Crippen molar-refractivity contribution >= 4 is 23.3 Å². The van der Waals surface area contributed by atoms with Gasteiger partial charge in [0, 0.05) is 38.8 Å². The van der Waals surface area contributed by atoms with Gasteiger partial charge in [-0.3, -0.25) is 14.9 Å². The van der Waals surface area contributed by atoms with E-state index in [9.17, 15) is 9.59 Å². The first-order chi connectivity index (χ1) is 12.0. The minimum atomic E-state index is -0.141. The van der Waals surface area contributed by atoms with Crippen LogP contribution in [0, 0.1) is 0 Å². The van der Waals surface area contributed by atoms with Crippen molar-refractivity contribution in [3.05, 3.63) is 47.3 Å². The van der Waals surface area contributed by atoms with E-state index in [4.69, 9.17) is 0 Å². The fourth-order valence-corrected chi connectivity index (χ4v) is 3.00. The summed E-state index contributed by atoms with van der Waals surface area (Å²) < 4.78 is 0. The summed E-state index contributed by atoms with van der Waals surface area (Å²) in [5.74, 6) is 0.275. The van der Waals surface area contributed by atoms with Crippen LogP contribution in [-0.4, -0.2) is 35.8 Å². The first kappa shape index (κ1) is 17.1. The maximum Gasteiger partial charge on any atom is 0.229 e. The molecule has 0 saturated carbocycles. The Labute approximate surface area is 147 Å². The average Bonchev–Trinajstić information content (AvgIpc) is 2.61. The Kier molecular flexibility index (Phi) is 4.79. The van der Waals surface area contributed by atoms with E-state index >= 15 is 0 Å². The van der Waals surface area contributed by atoms with Crippen molar-refractivity contribution in [2.45, 2.75) is 32.1 Å². The van der Waals surface area contributed by atoms with Gasteiger partial charge in [0.2, 0.25) is 11.9 Å². The van der Waals surface area contributed by atoms with Crippen molar-refractivity contribution in [2.75, 3.05) is 24.3 Å². The Morgan fingerprint density at radius 2 is 1.96 bits per heavy atom. The number of carbonyl (C=O) groups is 2. The van der Waals surface area contributed by atoms with Crippen molar-refractivity contribution in [3.8, 4) is 0 Å². The molecule has 6 nitrogen and oxygen atoms in total. The van der Waals surface area contributed by atoms with Crippen LogP contribution in [0.5, 0.6) is 0 Å². The number of carbonyl (C=O) groups excluding carboxylic acids is 2. The van der Waals surface area contributed by atoms with Crippen LogP contribution in [-0.2, 0) is 11.2 Å². The molecule has 1 aromatic heterocycles. The number of nitrogens with zero attached hydrogens (tertiary/aromatic N) is 3. The number of aromatic nitrogens is 2. The van der Waals surface area contributed by atoms with Crippen LogP contribution in [0.2, 0.25) is 0 Å². The van der Waals surface area contributed by atoms with Crippen LogP contribution >= 0.6 is 0 Å². The summed E-state index contributed by atoms with van der Waals surface area (Å²) in [6, 6.07) is 8.25. The average molecular weight is 338 g/mol. The lowest BCUT2D eigenvalue weighted by Crippen LogP contribution is -2.22. The third kappa shape index (κ3) is 3.68. The lowest BCUT2D eigenvalue weighted by Gasteiger charge is -2.24. The summed E-state index contributed by atoms with van der Waals surface area (Å²) in [5, 5.41) is 2.65. The molecule has 0 bridgehead atoms. The third-order valence-electron chi connectivity index (χ3n) is 4.49. The van der Waals surface area contributed by atoms with Crippen LogP contribution in [0.4, 0.5) is 11.6 Å². The van der Waals surface area contributed by atoms with E-state index in [0.717, 1.165) is 11.3 Å². The quantitative estimate of drug-likeness (QED) is 0.928. The van der Waals surface area contributed by atoms with Gasteiger partial charge >= 0.3 is 0 Å². The molecule has 1 amide bonds. The molecule has 1 aliphatic carbocycles. The molecular weight excluding hydrogens is 316 g/mol. The van der Waals surface area contributed by atoms with Gasteiger partial charge in [-0.25, -0.2) is 9.97 Å². The smallest absolute Gasteiger partial charge is 0.229 e. The molecule has 130 valence electrons. The fourth-order valence-electron chi connectivity index (χ4n) is 3.00. The number of hydrogen-bond acceptors (Lipinski definition) is 5. The zero-order valence-corrected chi connectivity index (χ0v) is 14.7. The monoisotopic (exact) mass is 338 g/mol. The van der Waals surface area contributed by atoms with Crippen LogP contribution in [0.3, 0.4) is 0 Å². The second-order valence-corrected chi connectivity index (χ2v) is 6.47. The van der Waals surface area contributed by atoms with Gasteiger partial charge < -0.3 is 4.90 Å². The highest BCUT2D eigenvalue weighted by Gasteiger charge is 2.28. The predicted octanol–water partition coefficient (Wildman–Crippen LogP) is 2.80. The van der Waals surface area contributed by atoms with Crippen LogP contribution in [0.1, 0.15) is 47.3 Å². The van der Waals surface area contributed by atoms with Gasteiger partial charge in [-0.15, -0.1) is 0 Å². The number of rotatable bonds is 4. The highest BCUT2D eigenvalue weighted by Crippen LogP contribution is 2.32. The molecule has 1 heterocycles. The molecule has 0 saturated heterocycles. The van der Waals surface area contributed by atoms with Gasteiger partial charge in [-0.05, 0) is 30.0 Å². The minimum Gasteiger partial charge on any atom is -0.378 e. The zero-order valence-electron chi connectivity index (χ0n) is 14.7. The number of nitrogens with one attached hydrogen (secondary N) is 1. The topological polar surface area (TPSA) is 75.2 Å². The van der Waals surface area contributed by atoms with Crippen molar-refractivity contribution in [3.63, 3.8) is 0 Å². The molecular formula is C19H22N4O2. The van der Waals surface area contributed by atoms with Crippen molar-refractivity contribution < 1.29 is 9.59 Å². The van der Waals surface area contributed by atoms with Gasteiger partial charge in [0.1, 0.15) is 0 Å². The molecule has 1 N–H and O–H groups in total. The molecule has 3 rings (SSSR count). The van der Waals surface area contributed by atoms with E-state index in [0.29, 0.717) is 30.5 Å². The number of anilines is 2. The summed E-state index contributed by atoms with van der Waals surface area (Å²) in [5.41, 5.74) is 3.52. The molecule has 1 aromatic carbocycles. The first-order valence-corrected chi connectivity index (χ1v) is 8.44. The summed E-state index contributed by atoms with van der Waals surface area (Å²) in [4.78, 5) is 34.5. The number of Topliss-reactive ketones (excluding diaryl/α,β-unsaturated/α-hetero) is 1. The predicted molar refractivity (Wildman–Crippen MR) is 97.1 cm³/mol. The van der Waals surface area contributed by atoms with E-state index in [1.807, 2.05) is 19.0 Å². The van der Waals surface area contributed by atoms with E-state index in [2.05, 4.69) is 39.6 Å². The maximum atomic E-state index is 12.5. The molecule has 25 heavy (non-hydrogen) atoms. The standard InChI is InChI=1S/C19H22N4O2/c1-4-18(25)22-19-20-11-15-16(21-19)9-13(10-17(15)24)12-5-7-14(8-6-12)23(2)3/h5-8,11,13H,4,9-10H2,1-3H3,(H,20,21,22,25). The summed E-state index contributed by atoms with van der Waals surface area (Å²) in [6.07, 6.45) is 3.01. The molecule has 1 atom stereocenters.